The third-order valence-electron chi connectivity index (χ3n) is 4.91. The molecule has 0 aliphatic heterocycles. The minimum atomic E-state index is -4.52. The van der Waals surface area contributed by atoms with E-state index in [9.17, 15) is 13.2 Å². The molecule has 0 atom stereocenters. The van der Waals surface area contributed by atoms with Gasteiger partial charge in [0.05, 0.1) is 23.6 Å². The molecule has 0 spiro atoms. The van der Waals surface area contributed by atoms with Gasteiger partial charge in [0.2, 0.25) is 5.95 Å². The van der Waals surface area contributed by atoms with Gasteiger partial charge >= 0.3 is 6.18 Å². The molecule has 0 amide bonds. The van der Waals surface area contributed by atoms with Gasteiger partial charge in [0, 0.05) is 18.7 Å². The van der Waals surface area contributed by atoms with E-state index in [0.29, 0.717) is 18.2 Å². The molecule has 3 aromatic heterocycles. The molecule has 0 unspecified atom stereocenters. The standard InChI is InChI=1S/C17H19F3N8S/c1-3-21-14-12(17(18,19)20)6-22-16(26-14)25-13-7-24-28(9(13)2)11-4-10(5-11)15-27-23-8-29-15/h6-8,10-11H,3-5H2,1-2H3,(H2,21,22,25,26). The molecule has 3 aromatic rings. The van der Waals surface area contributed by atoms with Crippen LogP contribution in [-0.2, 0) is 6.18 Å². The second-order valence-electron chi connectivity index (χ2n) is 6.80. The van der Waals surface area contributed by atoms with E-state index in [2.05, 4.69) is 35.9 Å². The quantitative estimate of drug-likeness (QED) is 0.614. The average Bonchev–Trinajstić information content (AvgIpc) is 3.26. The van der Waals surface area contributed by atoms with Crippen LogP contribution in [-0.4, -0.2) is 36.5 Å². The van der Waals surface area contributed by atoms with E-state index < -0.39 is 11.7 Å². The summed E-state index contributed by atoms with van der Waals surface area (Å²) < 4.78 is 41.2. The molecule has 0 aromatic carbocycles. The third-order valence-corrected chi connectivity index (χ3v) is 5.77. The number of anilines is 3. The van der Waals surface area contributed by atoms with Crippen molar-refractivity contribution in [3.05, 3.63) is 34.2 Å². The fourth-order valence-electron chi connectivity index (χ4n) is 3.34. The summed E-state index contributed by atoms with van der Waals surface area (Å²) in [4.78, 5) is 7.82. The smallest absolute Gasteiger partial charge is 0.370 e. The Morgan fingerprint density at radius 2 is 2.07 bits per heavy atom. The van der Waals surface area contributed by atoms with Crippen LogP contribution in [0.15, 0.2) is 17.9 Å². The van der Waals surface area contributed by atoms with Crippen LogP contribution >= 0.6 is 11.3 Å². The maximum absolute atomic E-state index is 13.1. The van der Waals surface area contributed by atoms with Crippen LogP contribution in [0.4, 0.5) is 30.6 Å². The summed E-state index contributed by atoms with van der Waals surface area (Å²) in [7, 11) is 0. The van der Waals surface area contributed by atoms with Crippen LogP contribution in [0.25, 0.3) is 0 Å². The summed E-state index contributed by atoms with van der Waals surface area (Å²) in [6, 6.07) is 0.255. The minimum absolute atomic E-state index is 0.0805. The van der Waals surface area contributed by atoms with Gasteiger partial charge in [0.25, 0.3) is 0 Å². The average molecular weight is 424 g/mol. The maximum Gasteiger partial charge on any atom is 0.421 e. The monoisotopic (exact) mass is 424 g/mol. The van der Waals surface area contributed by atoms with E-state index in [1.807, 2.05) is 11.6 Å². The van der Waals surface area contributed by atoms with E-state index in [0.717, 1.165) is 29.7 Å². The molecule has 1 fully saturated rings. The Balaban J connectivity index is 1.49. The Kier molecular flexibility index (Phi) is 5.11. The first-order valence-electron chi connectivity index (χ1n) is 9.12. The van der Waals surface area contributed by atoms with Crippen LogP contribution in [0.1, 0.15) is 48.0 Å². The first-order valence-corrected chi connectivity index (χ1v) is 10.00. The van der Waals surface area contributed by atoms with Gasteiger partial charge < -0.3 is 10.6 Å². The number of hydrogen-bond acceptors (Lipinski definition) is 8. The molecule has 4 rings (SSSR count). The SMILES string of the molecule is CCNc1nc(Nc2cnn(C3CC(c4nncs4)C3)c2C)ncc1C(F)(F)F. The van der Waals surface area contributed by atoms with E-state index in [-0.39, 0.29) is 17.8 Å². The minimum Gasteiger partial charge on any atom is -0.370 e. The molecule has 154 valence electrons. The fraction of sp³-hybridized carbons (Fsp3) is 0.471. The highest BCUT2D eigenvalue weighted by Crippen LogP contribution is 2.45. The Morgan fingerprint density at radius 1 is 1.28 bits per heavy atom. The largest absolute Gasteiger partial charge is 0.421 e. The van der Waals surface area contributed by atoms with Crippen molar-refractivity contribution in [3.63, 3.8) is 0 Å². The molecule has 1 aliphatic carbocycles. The summed E-state index contributed by atoms with van der Waals surface area (Å²) in [6.45, 7) is 3.92. The van der Waals surface area contributed by atoms with E-state index in [1.54, 1.807) is 30.0 Å². The highest BCUT2D eigenvalue weighted by molar-refractivity contribution is 7.09. The number of hydrogen-bond donors (Lipinski definition) is 2. The Hall–Kier alpha value is -2.76. The lowest BCUT2D eigenvalue weighted by molar-refractivity contribution is -0.137. The number of alkyl halides is 3. The first kappa shape index (κ1) is 19.6. The highest BCUT2D eigenvalue weighted by atomic mass is 32.1. The Morgan fingerprint density at radius 3 is 2.72 bits per heavy atom. The topological polar surface area (TPSA) is 93.4 Å². The molecule has 2 N–H and O–H groups in total. The van der Waals surface area contributed by atoms with Crippen LogP contribution in [0.2, 0.25) is 0 Å². The molecule has 1 aliphatic rings. The van der Waals surface area contributed by atoms with Gasteiger partial charge in [0.15, 0.2) is 0 Å². The third kappa shape index (κ3) is 3.88. The van der Waals surface area contributed by atoms with Crippen molar-refractivity contribution >= 4 is 28.8 Å². The summed E-state index contributed by atoms with van der Waals surface area (Å²) in [5, 5.41) is 19.1. The van der Waals surface area contributed by atoms with Gasteiger partial charge in [0.1, 0.15) is 21.9 Å². The predicted molar refractivity (Wildman–Crippen MR) is 102 cm³/mol. The molecule has 0 saturated heterocycles. The summed E-state index contributed by atoms with van der Waals surface area (Å²) in [6.07, 6.45) is -0.241. The Labute approximate surface area is 168 Å². The van der Waals surface area contributed by atoms with Crippen molar-refractivity contribution in [2.75, 3.05) is 17.2 Å². The van der Waals surface area contributed by atoms with Crippen molar-refractivity contribution in [1.82, 2.24) is 29.9 Å². The Bertz CT molecular complexity index is 979. The van der Waals surface area contributed by atoms with E-state index >= 15 is 0 Å². The number of nitrogens with one attached hydrogen (secondary N) is 2. The summed E-state index contributed by atoms with van der Waals surface area (Å²) in [5.41, 5.74) is 2.37. The summed E-state index contributed by atoms with van der Waals surface area (Å²) >= 11 is 1.56. The molecule has 8 nitrogen and oxygen atoms in total. The van der Waals surface area contributed by atoms with E-state index in [4.69, 9.17) is 0 Å². The molecule has 29 heavy (non-hydrogen) atoms. The molecular weight excluding hydrogens is 405 g/mol. The van der Waals surface area contributed by atoms with E-state index in [1.165, 1.54) is 0 Å². The van der Waals surface area contributed by atoms with Crippen molar-refractivity contribution in [1.29, 1.82) is 0 Å². The van der Waals surface area contributed by atoms with Crippen molar-refractivity contribution in [2.24, 2.45) is 0 Å². The van der Waals surface area contributed by atoms with Crippen LogP contribution in [0.3, 0.4) is 0 Å². The lowest BCUT2D eigenvalue weighted by Gasteiger charge is -2.34. The lowest BCUT2D eigenvalue weighted by Crippen LogP contribution is -2.26. The summed E-state index contributed by atoms with van der Waals surface area (Å²) in [5.74, 6) is 0.229. The lowest BCUT2D eigenvalue weighted by atomic mass is 9.81. The van der Waals surface area contributed by atoms with Gasteiger partial charge in [-0.05, 0) is 26.7 Å². The zero-order valence-corrected chi connectivity index (χ0v) is 16.5. The molecule has 1 saturated carbocycles. The number of nitrogens with zero attached hydrogens (tertiary/aromatic N) is 6. The number of rotatable bonds is 6. The van der Waals surface area contributed by atoms with Crippen LogP contribution in [0, 0.1) is 6.92 Å². The van der Waals surface area contributed by atoms with Crippen molar-refractivity contribution < 1.29 is 13.2 Å². The first-order chi connectivity index (χ1) is 13.9. The fourth-order valence-corrected chi connectivity index (χ4v) is 4.02. The molecule has 0 radical (unpaired) electrons. The zero-order valence-electron chi connectivity index (χ0n) is 15.7. The second-order valence-corrected chi connectivity index (χ2v) is 7.66. The van der Waals surface area contributed by atoms with Gasteiger partial charge in [-0.3, -0.25) is 4.68 Å². The molecule has 0 bridgehead atoms. The zero-order chi connectivity index (χ0) is 20.6. The van der Waals surface area contributed by atoms with Crippen LogP contribution in [0.5, 0.6) is 0 Å². The normalized spacial score (nSPS) is 19.1. The van der Waals surface area contributed by atoms with Crippen molar-refractivity contribution in [3.8, 4) is 0 Å². The van der Waals surface area contributed by atoms with Crippen molar-refractivity contribution in [2.45, 2.75) is 44.8 Å². The molecule has 12 heteroatoms. The highest BCUT2D eigenvalue weighted by Gasteiger charge is 2.36. The van der Waals surface area contributed by atoms with Gasteiger partial charge in [-0.15, -0.1) is 21.5 Å². The predicted octanol–water partition coefficient (Wildman–Crippen LogP) is 4.15. The van der Waals surface area contributed by atoms with Gasteiger partial charge in [-0.25, -0.2) is 4.98 Å². The molecule has 3 heterocycles. The number of halogens is 3. The number of aromatic nitrogens is 6. The van der Waals surface area contributed by atoms with Gasteiger partial charge in [-0.2, -0.15) is 23.3 Å². The van der Waals surface area contributed by atoms with Crippen LogP contribution < -0.4 is 10.6 Å². The maximum atomic E-state index is 13.1. The molecular formula is C17H19F3N8S. The van der Waals surface area contributed by atoms with Gasteiger partial charge in [-0.1, -0.05) is 0 Å². The second kappa shape index (κ2) is 7.58.